The molecule has 0 radical (unpaired) electrons. The van der Waals surface area contributed by atoms with Gasteiger partial charge in [0.15, 0.2) is 0 Å². The first-order chi connectivity index (χ1) is 6.06. The van der Waals surface area contributed by atoms with Crippen molar-refractivity contribution in [1.29, 1.82) is 0 Å². The smallest absolute Gasteiger partial charge is 0.219 e. The zero-order chi connectivity index (χ0) is 9.90. The Morgan fingerprint density at radius 1 is 1.54 bits per heavy atom. The van der Waals surface area contributed by atoms with E-state index in [0.717, 1.165) is 6.54 Å². The minimum Gasteiger partial charge on any atom is -0.356 e. The lowest BCUT2D eigenvalue weighted by molar-refractivity contribution is -0.121. The molecule has 1 atom stereocenters. The van der Waals surface area contributed by atoms with E-state index in [9.17, 15) is 4.79 Å². The largest absolute Gasteiger partial charge is 0.356 e. The standard InChI is InChI=1S/C11H21NO/c1-4-10(13)12-8-9-6-5-7-11(9,2)3/h9H,4-8H2,1-3H3,(H,12,13). The van der Waals surface area contributed by atoms with E-state index in [0.29, 0.717) is 17.8 Å². The van der Waals surface area contributed by atoms with Crippen molar-refractivity contribution in [2.24, 2.45) is 11.3 Å². The third-order valence-electron chi connectivity index (χ3n) is 3.35. The summed E-state index contributed by atoms with van der Waals surface area (Å²) < 4.78 is 0. The van der Waals surface area contributed by atoms with Crippen LogP contribution in [0.2, 0.25) is 0 Å². The van der Waals surface area contributed by atoms with Crippen molar-refractivity contribution in [3.05, 3.63) is 0 Å². The first kappa shape index (κ1) is 10.6. The lowest BCUT2D eigenvalue weighted by Crippen LogP contribution is -2.33. The monoisotopic (exact) mass is 183 g/mol. The van der Waals surface area contributed by atoms with E-state index >= 15 is 0 Å². The Morgan fingerprint density at radius 3 is 2.69 bits per heavy atom. The molecule has 1 amide bonds. The highest BCUT2D eigenvalue weighted by molar-refractivity contribution is 5.75. The van der Waals surface area contributed by atoms with Crippen LogP contribution in [0.5, 0.6) is 0 Å². The summed E-state index contributed by atoms with van der Waals surface area (Å²) in [7, 11) is 0. The molecule has 1 rings (SSSR count). The normalized spacial score (nSPS) is 25.9. The summed E-state index contributed by atoms with van der Waals surface area (Å²) in [6.07, 6.45) is 4.50. The molecule has 13 heavy (non-hydrogen) atoms. The molecule has 0 saturated heterocycles. The molecule has 1 aliphatic carbocycles. The Morgan fingerprint density at radius 2 is 2.23 bits per heavy atom. The number of hydrogen-bond donors (Lipinski definition) is 1. The van der Waals surface area contributed by atoms with E-state index in [4.69, 9.17) is 0 Å². The molecule has 0 aromatic carbocycles. The van der Waals surface area contributed by atoms with Gasteiger partial charge >= 0.3 is 0 Å². The summed E-state index contributed by atoms with van der Waals surface area (Å²) in [4.78, 5) is 11.1. The zero-order valence-corrected chi connectivity index (χ0v) is 9.02. The first-order valence-corrected chi connectivity index (χ1v) is 5.33. The lowest BCUT2D eigenvalue weighted by Gasteiger charge is -2.26. The van der Waals surface area contributed by atoms with Gasteiger partial charge in [-0.3, -0.25) is 4.79 Å². The molecule has 2 heteroatoms. The van der Waals surface area contributed by atoms with Crippen molar-refractivity contribution >= 4 is 5.91 Å². The van der Waals surface area contributed by atoms with Crippen molar-refractivity contribution in [2.45, 2.75) is 46.5 Å². The number of carbonyl (C=O) groups is 1. The average molecular weight is 183 g/mol. The molecule has 76 valence electrons. The highest BCUT2D eigenvalue weighted by Gasteiger charge is 2.34. The molecule has 1 unspecified atom stereocenters. The predicted octanol–water partition coefficient (Wildman–Crippen LogP) is 2.34. The summed E-state index contributed by atoms with van der Waals surface area (Å²) in [5, 5.41) is 2.99. The van der Waals surface area contributed by atoms with Gasteiger partial charge in [0, 0.05) is 13.0 Å². The van der Waals surface area contributed by atoms with E-state index in [1.165, 1.54) is 19.3 Å². The molecule has 1 saturated carbocycles. The molecule has 1 aliphatic rings. The fourth-order valence-corrected chi connectivity index (χ4v) is 2.14. The summed E-state index contributed by atoms with van der Waals surface area (Å²) >= 11 is 0. The number of hydrogen-bond acceptors (Lipinski definition) is 1. The van der Waals surface area contributed by atoms with Gasteiger partial charge in [-0.25, -0.2) is 0 Å². The number of amides is 1. The van der Waals surface area contributed by atoms with E-state index in [1.54, 1.807) is 0 Å². The van der Waals surface area contributed by atoms with Crippen LogP contribution >= 0.6 is 0 Å². The summed E-state index contributed by atoms with van der Waals surface area (Å²) in [6, 6.07) is 0. The Bertz CT molecular complexity index is 187. The Balaban J connectivity index is 2.33. The zero-order valence-electron chi connectivity index (χ0n) is 9.02. The Kier molecular flexibility index (Phi) is 3.34. The quantitative estimate of drug-likeness (QED) is 0.715. The van der Waals surface area contributed by atoms with Gasteiger partial charge in [-0.2, -0.15) is 0 Å². The number of nitrogens with one attached hydrogen (secondary N) is 1. The minimum atomic E-state index is 0.183. The van der Waals surface area contributed by atoms with E-state index in [1.807, 2.05) is 6.92 Å². The summed E-state index contributed by atoms with van der Waals surface area (Å²) in [5.41, 5.74) is 0.432. The van der Waals surface area contributed by atoms with E-state index in [2.05, 4.69) is 19.2 Å². The molecule has 0 aliphatic heterocycles. The van der Waals surface area contributed by atoms with Crippen molar-refractivity contribution in [3.63, 3.8) is 0 Å². The SMILES string of the molecule is CCC(=O)NCC1CCCC1(C)C. The minimum absolute atomic E-state index is 0.183. The molecule has 0 aromatic heterocycles. The first-order valence-electron chi connectivity index (χ1n) is 5.33. The van der Waals surface area contributed by atoms with Crippen LogP contribution in [-0.4, -0.2) is 12.5 Å². The molecule has 0 heterocycles. The maximum atomic E-state index is 11.1. The van der Waals surface area contributed by atoms with Crippen LogP contribution < -0.4 is 5.32 Å². The molecule has 1 N–H and O–H groups in total. The van der Waals surface area contributed by atoms with Gasteiger partial charge in [0.05, 0.1) is 0 Å². The van der Waals surface area contributed by atoms with Gasteiger partial charge in [0.25, 0.3) is 0 Å². The van der Waals surface area contributed by atoms with Crippen molar-refractivity contribution in [2.75, 3.05) is 6.54 Å². The third-order valence-corrected chi connectivity index (χ3v) is 3.35. The molecular formula is C11H21NO. The van der Waals surface area contributed by atoms with Gasteiger partial charge in [-0.15, -0.1) is 0 Å². The maximum Gasteiger partial charge on any atom is 0.219 e. The lowest BCUT2D eigenvalue weighted by atomic mass is 9.82. The van der Waals surface area contributed by atoms with E-state index < -0.39 is 0 Å². The van der Waals surface area contributed by atoms with Crippen LogP contribution in [0.1, 0.15) is 46.5 Å². The second-order valence-corrected chi connectivity index (χ2v) is 4.74. The number of rotatable bonds is 3. The second kappa shape index (κ2) is 4.12. The molecule has 2 nitrogen and oxygen atoms in total. The van der Waals surface area contributed by atoms with Gasteiger partial charge in [0.2, 0.25) is 5.91 Å². The van der Waals surface area contributed by atoms with Crippen LogP contribution in [0.4, 0.5) is 0 Å². The van der Waals surface area contributed by atoms with Crippen LogP contribution in [0, 0.1) is 11.3 Å². The van der Waals surface area contributed by atoms with Crippen molar-refractivity contribution < 1.29 is 4.79 Å². The predicted molar refractivity (Wildman–Crippen MR) is 54.4 cm³/mol. The molecule has 0 aromatic rings. The van der Waals surface area contributed by atoms with Crippen molar-refractivity contribution in [3.8, 4) is 0 Å². The van der Waals surface area contributed by atoms with E-state index in [-0.39, 0.29) is 5.91 Å². The van der Waals surface area contributed by atoms with Crippen LogP contribution in [0.3, 0.4) is 0 Å². The van der Waals surface area contributed by atoms with Crippen LogP contribution in [0.25, 0.3) is 0 Å². The van der Waals surface area contributed by atoms with Gasteiger partial charge < -0.3 is 5.32 Å². The Labute approximate surface area is 81.1 Å². The van der Waals surface area contributed by atoms with Gasteiger partial charge in [0.1, 0.15) is 0 Å². The van der Waals surface area contributed by atoms with Crippen LogP contribution in [-0.2, 0) is 4.79 Å². The topological polar surface area (TPSA) is 29.1 Å². The second-order valence-electron chi connectivity index (χ2n) is 4.74. The fraction of sp³-hybridized carbons (Fsp3) is 0.909. The summed E-state index contributed by atoms with van der Waals surface area (Å²) in [6.45, 7) is 7.39. The fourth-order valence-electron chi connectivity index (χ4n) is 2.14. The molecule has 0 spiro atoms. The third kappa shape index (κ3) is 2.71. The molecule has 1 fully saturated rings. The summed E-state index contributed by atoms with van der Waals surface area (Å²) in [5.74, 6) is 0.866. The van der Waals surface area contributed by atoms with Crippen LogP contribution in [0.15, 0.2) is 0 Å². The van der Waals surface area contributed by atoms with Gasteiger partial charge in [-0.1, -0.05) is 27.2 Å². The highest BCUT2D eigenvalue weighted by atomic mass is 16.1. The average Bonchev–Trinajstić information content (AvgIpc) is 2.41. The maximum absolute atomic E-state index is 11.1. The molecular weight excluding hydrogens is 162 g/mol. The van der Waals surface area contributed by atoms with Gasteiger partial charge in [-0.05, 0) is 24.2 Å². The number of carbonyl (C=O) groups excluding carboxylic acids is 1. The van der Waals surface area contributed by atoms with Crippen molar-refractivity contribution in [1.82, 2.24) is 5.32 Å². The Hall–Kier alpha value is -0.530. The highest BCUT2D eigenvalue weighted by Crippen LogP contribution is 2.41. The molecule has 0 bridgehead atoms.